The summed E-state index contributed by atoms with van der Waals surface area (Å²) in [5.74, 6) is 13.3. The Morgan fingerprint density at radius 2 is 0.526 bits per heavy atom. The van der Waals surface area contributed by atoms with Gasteiger partial charge in [-0.15, -0.1) is 0 Å². The standard InChI is InChI=1S/C72H50N2O2S2/c1-51(75)77-67-43-31-55(32-44-67)25-23-53-27-39-65(40-28-53)73-69(59-15-7-3-8-16-59)47-63(48-70(73)60-17-9-4-10-18-60)57-35-37-58(38-36-57)64-49-71(61-19-11-5-12-20-61)74(72(50-64)62-21-13-6-14-22-62)66-41-29-54(30-42-66)24-26-56-33-45-68(46-34-56)78-52(2)76/h3-22,27-50H,1-2H3/q+2. The van der Waals surface area contributed by atoms with E-state index < -0.39 is 0 Å². The molecule has 6 heteroatoms. The fourth-order valence-corrected chi connectivity index (χ4v) is 10.6. The van der Waals surface area contributed by atoms with E-state index in [0.29, 0.717) is 0 Å². The first-order valence-corrected chi connectivity index (χ1v) is 27.3. The summed E-state index contributed by atoms with van der Waals surface area (Å²) in [4.78, 5) is 25.0. The molecule has 0 aliphatic heterocycles. The molecule has 0 spiro atoms. The van der Waals surface area contributed by atoms with Gasteiger partial charge in [0.05, 0.1) is 0 Å². The average Bonchev–Trinajstić information content (AvgIpc) is 3.55. The maximum Gasteiger partial charge on any atom is 0.219 e. The minimum atomic E-state index is 0.0607. The van der Waals surface area contributed by atoms with Crippen LogP contribution in [0.4, 0.5) is 0 Å². The first kappa shape index (κ1) is 50.6. The van der Waals surface area contributed by atoms with Gasteiger partial charge < -0.3 is 0 Å². The molecule has 2 heterocycles. The summed E-state index contributed by atoms with van der Waals surface area (Å²) in [7, 11) is 0. The lowest BCUT2D eigenvalue weighted by atomic mass is 9.95. The predicted molar refractivity (Wildman–Crippen MR) is 320 cm³/mol. The highest BCUT2D eigenvalue weighted by Crippen LogP contribution is 2.35. The fourth-order valence-electron chi connectivity index (χ4n) is 9.44. The molecule has 370 valence electrons. The van der Waals surface area contributed by atoms with E-state index in [1.165, 1.54) is 23.5 Å². The highest BCUT2D eigenvalue weighted by molar-refractivity contribution is 8.13. The van der Waals surface area contributed by atoms with Gasteiger partial charge in [0.1, 0.15) is 0 Å². The molecule has 0 N–H and O–H groups in total. The quantitative estimate of drug-likeness (QED) is 0.0778. The van der Waals surface area contributed by atoms with E-state index in [0.717, 1.165) is 111 Å². The summed E-state index contributed by atoms with van der Waals surface area (Å²) < 4.78 is 4.69. The van der Waals surface area contributed by atoms with E-state index in [2.05, 4.69) is 251 Å². The largest absolute Gasteiger partial charge is 0.287 e. The number of pyridine rings is 2. The Morgan fingerprint density at radius 1 is 0.282 bits per heavy atom. The van der Waals surface area contributed by atoms with Gasteiger partial charge >= 0.3 is 0 Å². The Hall–Kier alpha value is -9.56. The smallest absolute Gasteiger partial charge is 0.219 e. The lowest BCUT2D eigenvalue weighted by Crippen LogP contribution is -2.36. The highest BCUT2D eigenvalue weighted by Gasteiger charge is 2.27. The number of hydrogen-bond donors (Lipinski definition) is 0. The van der Waals surface area contributed by atoms with Crippen molar-refractivity contribution in [2.45, 2.75) is 23.6 Å². The van der Waals surface area contributed by atoms with Crippen molar-refractivity contribution < 1.29 is 18.7 Å². The summed E-state index contributed by atoms with van der Waals surface area (Å²) in [6.07, 6.45) is 0. The second-order valence-corrected chi connectivity index (χ2v) is 21.1. The molecule has 0 saturated heterocycles. The zero-order valence-corrected chi connectivity index (χ0v) is 44.6. The lowest BCUT2D eigenvalue weighted by Gasteiger charge is -2.14. The normalized spacial score (nSPS) is 10.7. The second-order valence-electron chi connectivity index (χ2n) is 18.6. The highest BCUT2D eigenvalue weighted by atomic mass is 32.2. The number of aromatic nitrogens is 2. The van der Waals surface area contributed by atoms with Crippen LogP contribution < -0.4 is 9.13 Å². The van der Waals surface area contributed by atoms with Crippen LogP contribution in [-0.2, 0) is 9.59 Å². The molecule has 0 unspecified atom stereocenters. The maximum atomic E-state index is 11.6. The van der Waals surface area contributed by atoms with Crippen molar-refractivity contribution in [3.05, 3.63) is 289 Å². The SMILES string of the molecule is CC(=O)Sc1ccc(C#Cc2ccc(-[n+]3c(-c4ccccc4)cc(-c4ccc(-c5cc(-c6ccccc6)[n+](-c6ccc(C#Cc7ccc(SC(C)=O)cc7)cc6)c(-c6ccccc6)c5)cc4)cc3-c3ccccc3)cc2)cc1. The van der Waals surface area contributed by atoms with Crippen molar-refractivity contribution in [2.75, 3.05) is 0 Å². The van der Waals surface area contributed by atoms with Crippen molar-refractivity contribution in [3.8, 4) is 102 Å². The van der Waals surface area contributed by atoms with Crippen LogP contribution in [0.25, 0.3) is 78.7 Å². The van der Waals surface area contributed by atoms with Crippen molar-refractivity contribution in [1.82, 2.24) is 0 Å². The van der Waals surface area contributed by atoms with Gasteiger partial charge in [-0.3, -0.25) is 9.59 Å². The van der Waals surface area contributed by atoms with Crippen LogP contribution >= 0.6 is 23.5 Å². The van der Waals surface area contributed by atoms with Gasteiger partial charge in [-0.2, -0.15) is 9.13 Å². The second kappa shape index (κ2) is 23.5. The van der Waals surface area contributed by atoms with E-state index in [1.54, 1.807) is 13.8 Å². The van der Waals surface area contributed by atoms with Gasteiger partial charge in [0.15, 0.2) is 10.2 Å². The van der Waals surface area contributed by atoms with E-state index in [1.807, 2.05) is 48.5 Å². The van der Waals surface area contributed by atoms with Crippen molar-refractivity contribution in [2.24, 2.45) is 0 Å². The summed E-state index contributed by atoms with van der Waals surface area (Å²) in [6, 6.07) is 93.0. The minimum Gasteiger partial charge on any atom is -0.287 e. The summed E-state index contributed by atoms with van der Waals surface area (Å²) in [6.45, 7) is 3.15. The lowest BCUT2D eigenvalue weighted by molar-refractivity contribution is -0.572. The molecule has 78 heavy (non-hydrogen) atoms. The molecule has 9 aromatic carbocycles. The number of carbonyl (C=O) groups is 2. The molecule has 11 rings (SSSR count). The molecule has 0 bridgehead atoms. The predicted octanol–water partition coefficient (Wildman–Crippen LogP) is 16.3. The minimum absolute atomic E-state index is 0.0607. The van der Waals surface area contributed by atoms with Gasteiger partial charge in [0, 0.05) is 117 Å². The van der Waals surface area contributed by atoms with E-state index >= 15 is 0 Å². The van der Waals surface area contributed by atoms with Gasteiger partial charge in [-0.1, -0.05) is 144 Å². The van der Waals surface area contributed by atoms with Crippen LogP contribution in [0.1, 0.15) is 36.1 Å². The Balaban J connectivity index is 0.971. The van der Waals surface area contributed by atoms with Crippen LogP contribution in [0.5, 0.6) is 0 Å². The fraction of sp³-hybridized carbons (Fsp3) is 0.0278. The molecule has 0 radical (unpaired) electrons. The Kier molecular flexibility index (Phi) is 15.3. The number of thioether (sulfide) groups is 2. The summed E-state index contributed by atoms with van der Waals surface area (Å²) >= 11 is 2.45. The van der Waals surface area contributed by atoms with E-state index in [-0.39, 0.29) is 10.2 Å². The Morgan fingerprint density at radius 3 is 0.769 bits per heavy atom. The number of hydrogen-bond acceptors (Lipinski definition) is 4. The van der Waals surface area contributed by atoms with Crippen LogP contribution in [0.3, 0.4) is 0 Å². The monoisotopic (exact) mass is 1040 g/mol. The van der Waals surface area contributed by atoms with Crippen molar-refractivity contribution in [1.29, 1.82) is 0 Å². The van der Waals surface area contributed by atoms with Gasteiger partial charge in [-0.05, 0) is 144 Å². The number of nitrogens with zero attached hydrogens (tertiary/aromatic N) is 2. The number of benzene rings is 9. The number of rotatable bonds is 10. The first-order valence-electron chi connectivity index (χ1n) is 25.6. The molecule has 0 aliphatic rings. The first-order chi connectivity index (χ1) is 38.3. The molecule has 11 aromatic rings. The van der Waals surface area contributed by atoms with Crippen LogP contribution in [-0.4, -0.2) is 10.2 Å². The van der Waals surface area contributed by atoms with Crippen molar-refractivity contribution in [3.63, 3.8) is 0 Å². The van der Waals surface area contributed by atoms with Crippen LogP contribution in [0.15, 0.2) is 277 Å². The molecular formula is C72H50N2O2S2+2. The topological polar surface area (TPSA) is 41.9 Å². The van der Waals surface area contributed by atoms with Crippen LogP contribution in [0.2, 0.25) is 0 Å². The molecule has 2 aromatic heterocycles. The Bertz CT molecular complexity index is 3680. The third-order valence-electron chi connectivity index (χ3n) is 13.1. The zero-order valence-electron chi connectivity index (χ0n) is 42.9. The van der Waals surface area contributed by atoms with Crippen LogP contribution in [0, 0.1) is 23.7 Å². The summed E-state index contributed by atoms with van der Waals surface area (Å²) in [5.41, 5.74) is 18.6. The third-order valence-corrected chi connectivity index (χ3v) is 14.7. The van der Waals surface area contributed by atoms with Gasteiger partial charge in [0.25, 0.3) is 0 Å². The van der Waals surface area contributed by atoms with Crippen molar-refractivity contribution >= 4 is 33.8 Å². The van der Waals surface area contributed by atoms with Gasteiger partial charge in [0.2, 0.25) is 34.2 Å². The maximum absolute atomic E-state index is 11.6. The molecule has 0 aliphatic carbocycles. The zero-order chi connectivity index (χ0) is 53.2. The molecule has 4 nitrogen and oxygen atoms in total. The van der Waals surface area contributed by atoms with E-state index in [9.17, 15) is 9.59 Å². The van der Waals surface area contributed by atoms with Gasteiger partial charge in [-0.25, -0.2) is 0 Å². The summed E-state index contributed by atoms with van der Waals surface area (Å²) in [5, 5.41) is 0.121. The molecular weight excluding hydrogens is 989 g/mol. The number of carbonyl (C=O) groups excluding carboxylic acids is 2. The van der Waals surface area contributed by atoms with E-state index in [4.69, 9.17) is 0 Å². The third kappa shape index (κ3) is 11.9. The Labute approximate surface area is 464 Å². The molecule has 0 amide bonds. The molecule has 0 saturated carbocycles. The average molecular weight is 1040 g/mol. The molecule has 0 fully saturated rings. The molecule has 0 atom stereocenters.